The van der Waals surface area contributed by atoms with Crippen molar-refractivity contribution < 1.29 is 0 Å². The molecule has 0 amide bonds. The van der Waals surface area contributed by atoms with Gasteiger partial charge in [-0.2, -0.15) is 0 Å². The number of fused-ring (bicyclic) bond motifs is 11. The molecule has 7 aromatic carbocycles. The minimum absolute atomic E-state index is 0.323. The largest absolute Gasteiger partial charge is 0.398 e. The Labute approximate surface area is 324 Å². The predicted octanol–water partition coefficient (Wildman–Crippen LogP) is 12.2. The lowest BCUT2D eigenvalue weighted by Crippen LogP contribution is -2.29. The monoisotopic (exact) mass is 708 g/mol. The van der Waals surface area contributed by atoms with Crippen LogP contribution in [0.4, 0.5) is 5.69 Å². The van der Waals surface area contributed by atoms with Gasteiger partial charge in [-0.3, -0.25) is 0 Å². The molecular weight excluding hydrogens is 665 g/mol. The molecule has 55 heavy (non-hydrogen) atoms. The number of hydrogen-bond acceptors (Lipinski definition) is 2. The molecule has 0 aromatic heterocycles. The maximum Gasteiger partial charge on any atom is 0.0716 e. The van der Waals surface area contributed by atoms with Crippen LogP contribution in [0.3, 0.4) is 0 Å². The second kappa shape index (κ2) is 14.1. The van der Waals surface area contributed by atoms with E-state index < -0.39 is 5.41 Å². The molecule has 2 atom stereocenters. The summed E-state index contributed by atoms with van der Waals surface area (Å²) in [5.74, 6) is 0. The van der Waals surface area contributed by atoms with Crippen LogP contribution < -0.4 is 11.5 Å². The molecule has 0 saturated carbocycles. The lowest BCUT2D eigenvalue weighted by molar-refractivity contribution is 0.760. The number of aryl methyl sites for hydroxylation is 2. The Kier molecular flexibility index (Phi) is 8.77. The first kappa shape index (κ1) is 34.3. The van der Waals surface area contributed by atoms with E-state index in [1.54, 1.807) is 6.08 Å². The van der Waals surface area contributed by atoms with Crippen molar-refractivity contribution in [3.8, 4) is 33.4 Å². The van der Waals surface area contributed by atoms with Gasteiger partial charge in [-0.15, -0.1) is 0 Å². The summed E-state index contributed by atoms with van der Waals surface area (Å²) in [6.07, 6.45) is 11.8. The molecule has 0 aliphatic heterocycles. The van der Waals surface area contributed by atoms with E-state index in [0.717, 1.165) is 40.7 Å². The molecule has 266 valence electrons. The number of hydrogen-bond donors (Lipinski definition) is 2. The molecule has 0 saturated heterocycles. The number of nitrogens with two attached hydrogens (primary N) is 2. The van der Waals surface area contributed by atoms with Crippen LogP contribution in [0, 0.1) is 6.92 Å². The van der Waals surface area contributed by atoms with Gasteiger partial charge in [-0.1, -0.05) is 183 Å². The zero-order valence-corrected chi connectivity index (χ0v) is 31.2. The molecular formula is C53H44N2. The van der Waals surface area contributed by atoms with Crippen LogP contribution in [0.2, 0.25) is 0 Å². The van der Waals surface area contributed by atoms with E-state index in [2.05, 4.69) is 153 Å². The fourth-order valence-electron chi connectivity index (χ4n) is 9.20. The highest BCUT2D eigenvalue weighted by Crippen LogP contribution is 2.59. The highest BCUT2D eigenvalue weighted by atomic mass is 14.6. The third-order valence-corrected chi connectivity index (χ3v) is 11.9. The molecule has 0 fully saturated rings. The van der Waals surface area contributed by atoms with Gasteiger partial charge >= 0.3 is 0 Å². The fourth-order valence-corrected chi connectivity index (χ4v) is 9.20. The van der Waals surface area contributed by atoms with Crippen molar-refractivity contribution in [1.82, 2.24) is 0 Å². The van der Waals surface area contributed by atoms with Gasteiger partial charge in [0.1, 0.15) is 0 Å². The lowest BCUT2D eigenvalue weighted by atomic mass is 9.66. The van der Waals surface area contributed by atoms with E-state index in [-0.39, 0.29) is 6.04 Å². The Morgan fingerprint density at radius 1 is 0.600 bits per heavy atom. The van der Waals surface area contributed by atoms with Gasteiger partial charge in [-0.25, -0.2) is 0 Å². The van der Waals surface area contributed by atoms with Gasteiger partial charge in [0.05, 0.1) is 11.5 Å². The van der Waals surface area contributed by atoms with Crippen LogP contribution in [0.5, 0.6) is 0 Å². The molecule has 0 radical (unpaired) electrons. The Morgan fingerprint density at radius 2 is 1.31 bits per heavy atom. The number of nitrogen functional groups attached to an aromatic ring is 1. The Bertz CT molecular complexity index is 2660. The number of anilines is 1. The van der Waals surface area contributed by atoms with Crippen molar-refractivity contribution in [2.24, 2.45) is 5.73 Å². The van der Waals surface area contributed by atoms with E-state index >= 15 is 0 Å². The molecule has 7 aromatic rings. The van der Waals surface area contributed by atoms with Crippen molar-refractivity contribution in [3.05, 3.63) is 238 Å². The quantitative estimate of drug-likeness (QED) is 0.128. The summed E-state index contributed by atoms with van der Waals surface area (Å²) in [6.45, 7) is 6.08. The van der Waals surface area contributed by atoms with Crippen molar-refractivity contribution in [2.75, 3.05) is 5.73 Å². The third-order valence-electron chi connectivity index (χ3n) is 11.9. The average molecular weight is 709 g/mol. The minimum atomic E-state index is -0.421. The molecule has 4 bridgehead atoms. The van der Waals surface area contributed by atoms with E-state index in [1.807, 2.05) is 36.4 Å². The lowest BCUT2D eigenvalue weighted by Gasteiger charge is -2.35. The fraction of sp³-hybridized carbons (Fsp3) is 0.0943. The van der Waals surface area contributed by atoms with Crippen LogP contribution >= 0.6 is 0 Å². The van der Waals surface area contributed by atoms with Gasteiger partial charge < -0.3 is 11.5 Å². The van der Waals surface area contributed by atoms with E-state index in [4.69, 9.17) is 11.5 Å². The molecule has 0 heterocycles. The zero-order valence-electron chi connectivity index (χ0n) is 31.2. The molecule has 9 rings (SSSR count). The SMILES string of the molecule is C=C/C=C\C=C/c1ccccc1-c1ccc(C(N)c2ccc(-c3cccc4c3-c3ccccc3C43c4cccc(c4)CCc4cccc3c4C)cc2)cc1N. The predicted molar refractivity (Wildman–Crippen MR) is 232 cm³/mol. The number of rotatable bonds is 7. The van der Waals surface area contributed by atoms with Gasteiger partial charge in [0.2, 0.25) is 0 Å². The van der Waals surface area contributed by atoms with Gasteiger partial charge in [0.25, 0.3) is 0 Å². The van der Waals surface area contributed by atoms with Crippen LogP contribution in [0.1, 0.15) is 61.7 Å². The summed E-state index contributed by atoms with van der Waals surface area (Å²) in [5, 5.41) is 0. The van der Waals surface area contributed by atoms with Crippen molar-refractivity contribution in [2.45, 2.75) is 31.2 Å². The first-order valence-corrected chi connectivity index (χ1v) is 19.2. The number of benzene rings is 7. The maximum absolute atomic E-state index is 6.97. The molecule has 2 unspecified atom stereocenters. The summed E-state index contributed by atoms with van der Waals surface area (Å²) in [7, 11) is 0. The second-order valence-electron chi connectivity index (χ2n) is 14.8. The summed E-state index contributed by atoms with van der Waals surface area (Å²) >= 11 is 0. The van der Waals surface area contributed by atoms with E-state index in [9.17, 15) is 0 Å². The molecule has 2 aliphatic rings. The molecule has 2 nitrogen and oxygen atoms in total. The second-order valence-corrected chi connectivity index (χ2v) is 14.8. The minimum Gasteiger partial charge on any atom is -0.398 e. The standard InChI is InChI=1S/C53H44N2/c1-3-4-5-6-15-38-16-7-8-19-43(38)45-32-31-41(34-50(45)54)52(55)40-29-27-39(28-30-40)44-21-13-24-49-51(44)46-20-9-10-22-48(46)53(49)42-18-11-14-36(33-42)25-26-37-17-12-23-47(53)35(37)2/h3-24,27-34,52H,1,25-26,54-55H2,2H3/b5-4-,15-6-. The summed E-state index contributed by atoms with van der Waals surface area (Å²) in [5.41, 5.74) is 33.8. The van der Waals surface area contributed by atoms with Gasteiger partial charge in [-0.05, 0) is 109 Å². The average Bonchev–Trinajstić information content (AvgIpc) is 3.53. The summed E-state index contributed by atoms with van der Waals surface area (Å²) in [4.78, 5) is 0. The van der Waals surface area contributed by atoms with E-state index in [1.165, 1.54) is 61.2 Å². The molecule has 2 heteroatoms. The van der Waals surface area contributed by atoms with Crippen molar-refractivity contribution in [1.29, 1.82) is 0 Å². The highest BCUT2D eigenvalue weighted by Gasteiger charge is 2.48. The Morgan fingerprint density at radius 3 is 2.15 bits per heavy atom. The molecule has 1 spiro atoms. The van der Waals surface area contributed by atoms with Crippen LogP contribution in [-0.2, 0) is 18.3 Å². The van der Waals surface area contributed by atoms with Crippen LogP contribution in [0.25, 0.3) is 39.5 Å². The van der Waals surface area contributed by atoms with Crippen molar-refractivity contribution in [3.63, 3.8) is 0 Å². The number of allylic oxidation sites excluding steroid dienone is 4. The molecule has 2 aliphatic carbocycles. The Hall–Kier alpha value is -6.48. The summed E-state index contributed by atoms with van der Waals surface area (Å²) < 4.78 is 0. The smallest absolute Gasteiger partial charge is 0.0716 e. The van der Waals surface area contributed by atoms with Crippen molar-refractivity contribution >= 4 is 11.8 Å². The van der Waals surface area contributed by atoms with Crippen LogP contribution in [0.15, 0.2) is 183 Å². The first-order chi connectivity index (χ1) is 27.0. The van der Waals surface area contributed by atoms with Crippen LogP contribution in [-0.4, -0.2) is 0 Å². The summed E-state index contributed by atoms with van der Waals surface area (Å²) in [6, 6.07) is 55.2. The Balaban J connectivity index is 1.10. The zero-order chi connectivity index (χ0) is 37.5. The third kappa shape index (κ3) is 5.69. The van der Waals surface area contributed by atoms with Gasteiger partial charge in [0, 0.05) is 11.3 Å². The maximum atomic E-state index is 6.97. The highest BCUT2D eigenvalue weighted by molar-refractivity contribution is 5.95. The topological polar surface area (TPSA) is 52.0 Å². The van der Waals surface area contributed by atoms with E-state index in [0.29, 0.717) is 5.69 Å². The van der Waals surface area contributed by atoms with Gasteiger partial charge in [0.15, 0.2) is 0 Å². The normalized spacial score (nSPS) is 16.0. The first-order valence-electron chi connectivity index (χ1n) is 19.2. The molecule has 4 N–H and O–H groups in total.